The number of furan rings is 1. The monoisotopic (exact) mass is 361 g/mol. The largest absolute Gasteiger partial charge is 0.463 e. The zero-order valence-electron chi connectivity index (χ0n) is 14.5. The Kier molecular flexibility index (Phi) is 4.30. The van der Waals surface area contributed by atoms with Crippen LogP contribution < -0.4 is 5.32 Å². The first-order valence-electron chi connectivity index (χ1n) is 8.38. The van der Waals surface area contributed by atoms with E-state index < -0.39 is 0 Å². The molecule has 0 saturated carbocycles. The highest BCUT2D eigenvalue weighted by molar-refractivity contribution is 6.04. The van der Waals surface area contributed by atoms with Crippen molar-refractivity contribution in [3.63, 3.8) is 0 Å². The summed E-state index contributed by atoms with van der Waals surface area (Å²) in [6, 6.07) is 18.5. The molecule has 0 unspecified atom stereocenters. The lowest BCUT2D eigenvalue weighted by atomic mass is 10.2. The van der Waals surface area contributed by atoms with E-state index in [9.17, 15) is 9.18 Å². The van der Waals surface area contributed by atoms with Gasteiger partial charge >= 0.3 is 0 Å². The number of carbonyl (C=O) groups excluding carboxylic acids is 1. The highest BCUT2D eigenvalue weighted by Gasteiger charge is 2.19. The quantitative estimate of drug-likeness (QED) is 0.566. The average molecular weight is 361 g/mol. The Morgan fingerprint density at radius 1 is 1.07 bits per heavy atom. The molecule has 0 spiro atoms. The van der Waals surface area contributed by atoms with Gasteiger partial charge in [0, 0.05) is 11.8 Å². The van der Waals surface area contributed by atoms with E-state index >= 15 is 0 Å². The number of halogens is 1. The molecule has 0 aliphatic carbocycles. The van der Waals surface area contributed by atoms with Gasteiger partial charge < -0.3 is 9.73 Å². The zero-order chi connectivity index (χ0) is 18.8. The van der Waals surface area contributed by atoms with Gasteiger partial charge in [-0.25, -0.2) is 9.07 Å². The normalized spacial score (nSPS) is 10.7. The fourth-order valence-electron chi connectivity index (χ4n) is 2.70. The van der Waals surface area contributed by atoms with Crippen LogP contribution in [0.15, 0.2) is 77.4 Å². The predicted molar refractivity (Wildman–Crippen MR) is 100 cm³/mol. The van der Waals surface area contributed by atoms with Crippen LogP contribution in [0.5, 0.6) is 0 Å². The molecule has 0 aliphatic heterocycles. The standard InChI is InChI=1S/C21H16FN3O2/c1-14-4-10-17(11-5-14)25-19(13-18(24-25)20-3-2-12-27-20)21(26)23-16-8-6-15(22)7-9-16/h2-13H,1H3,(H,23,26). The van der Waals surface area contributed by atoms with Crippen molar-refractivity contribution in [1.29, 1.82) is 0 Å². The second-order valence-electron chi connectivity index (χ2n) is 6.10. The van der Waals surface area contributed by atoms with Gasteiger partial charge in [-0.1, -0.05) is 17.7 Å². The van der Waals surface area contributed by atoms with Gasteiger partial charge in [-0.05, 0) is 55.5 Å². The Balaban J connectivity index is 1.74. The smallest absolute Gasteiger partial charge is 0.274 e. The number of aromatic nitrogens is 2. The Bertz CT molecular complexity index is 1070. The Hall–Kier alpha value is -3.67. The molecule has 0 aliphatic rings. The third kappa shape index (κ3) is 3.50. The number of nitrogens with one attached hydrogen (secondary N) is 1. The number of hydrogen-bond donors (Lipinski definition) is 1. The number of anilines is 1. The number of carbonyl (C=O) groups is 1. The summed E-state index contributed by atoms with van der Waals surface area (Å²) in [4.78, 5) is 12.8. The molecule has 2 heterocycles. The summed E-state index contributed by atoms with van der Waals surface area (Å²) >= 11 is 0. The summed E-state index contributed by atoms with van der Waals surface area (Å²) in [5, 5.41) is 7.30. The van der Waals surface area contributed by atoms with Crippen LogP contribution in [0.25, 0.3) is 17.1 Å². The molecule has 2 aromatic heterocycles. The first kappa shape index (κ1) is 16.8. The van der Waals surface area contributed by atoms with Crippen LogP contribution in [-0.4, -0.2) is 15.7 Å². The molecule has 2 aromatic carbocycles. The maximum atomic E-state index is 13.1. The molecule has 5 nitrogen and oxygen atoms in total. The lowest BCUT2D eigenvalue weighted by Crippen LogP contribution is -2.17. The number of hydrogen-bond acceptors (Lipinski definition) is 3. The number of aryl methyl sites for hydroxylation is 1. The van der Waals surface area contributed by atoms with Crippen LogP contribution in [0.2, 0.25) is 0 Å². The lowest BCUT2D eigenvalue weighted by Gasteiger charge is -2.08. The van der Waals surface area contributed by atoms with Crippen LogP contribution >= 0.6 is 0 Å². The molecular formula is C21H16FN3O2. The van der Waals surface area contributed by atoms with Gasteiger partial charge in [0.2, 0.25) is 0 Å². The van der Waals surface area contributed by atoms with Gasteiger partial charge in [0.25, 0.3) is 5.91 Å². The summed E-state index contributed by atoms with van der Waals surface area (Å²) in [5.41, 5.74) is 3.24. The van der Waals surface area contributed by atoms with Crippen LogP contribution in [0, 0.1) is 12.7 Å². The van der Waals surface area contributed by atoms with Crippen molar-refractivity contribution >= 4 is 11.6 Å². The minimum absolute atomic E-state index is 0.342. The van der Waals surface area contributed by atoms with Gasteiger partial charge in [-0.15, -0.1) is 0 Å². The second kappa shape index (κ2) is 6.92. The Morgan fingerprint density at radius 3 is 2.48 bits per heavy atom. The van der Waals surface area contributed by atoms with Crippen molar-refractivity contribution in [2.24, 2.45) is 0 Å². The van der Waals surface area contributed by atoms with Gasteiger partial charge in [0.1, 0.15) is 17.2 Å². The van der Waals surface area contributed by atoms with Gasteiger partial charge in [-0.3, -0.25) is 4.79 Å². The van der Waals surface area contributed by atoms with Gasteiger partial charge in [0.05, 0.1) is 12.0 Å². The van der Waals surface area contributed by atoms with E-state index in [0.717, 1.165) is 11.3 Å². The van der Waals surface area contributed by atoms with Crippen molar-refractivity contribution in [3.05, 3.63) is 90.1 Å². The summed E-state index contributed by atoms with van der Waals surface area (Å²) < 4.78 is 20.1. The zero-order valence-corrected chi connectivity index (χ0v) is 14.5. The first-order chi connectivity index (χ1) is 13.1. The van der Waals surface area contributed by atoms with E-state index in [4.69, 9.17) is 4.42 Å². The summed E-state index contributed by atoms with van der Waals surface area (Å²) in [6.07, 6.45) is 1.55. The summed E-state index contributed by atoms with van der Waals surface area (Å²) in [5.74, 6) is -0.151. The fourth-order valence-corrected chi connectivity index (χ4v) is 2.70. The highest BCUT2D eigenvalue weighted by atomic mass is 19.1. The molecule has 0 bridgehead atoms. The van der Waals surface area contributed by atoms with E-state index in [1.54, 1.807) is 29.1 Å². The summed E-state index contributed by atoms with van der Waals surface area (Å²) in [6.45, 7) is 1.99. The molecule has 0 atom stereocenters. The third-order valence-electron chi connectivity index (χ3n) is 4.10. The van der Waals surface area contributed by atoms with Crippen LogP contribution in [0.3, 0.4) is 0 Å². The van der Waals surface area contributed by atoms with Gasteiger partial charge in [0.15, 0.2) is 5.76 Å². The van der Waals surface area contributed by atoms with E-state index in [1.807, 2.05) is 31.2 Å². The fraction of sp³-hybridized carbons (Fsp3) is 0.0476. The first-order valence-corrected chi connectivity index (χ1v) is 8.38. The average Bonchev–Trinajstić information content (AvgIpc) is 3.33. The maximum absolute atomic E-state index is 13.1. The molecule has 0 radical (unpaired) electrons. The number of rotatable bonds is 4. The van der Waals surface area contributed by atoms with Crippen molar-refractivity contribution in [2.45, 2.75) is 6.92 Å². The van der Waals surface area contributed by atoms with Crippen LogP contribution in [-0.2, 0) is 0 Å². The molecule has 27 heavy (non-hydrogen) atoms. The van der Waals surface area contributed by atoms with E-state index in [1.165, 1.54) is 24.3 Å². The highest BCUT2D eigenvalue weighted by Crippen LogP contribution is 2.23. The Morgan fingerprint density at radius 2 is 1.81 bits per heavy atom. The molecule has 1 N–H and O–H groups in total. The van der Waals surface area contributed by atoms with E-state index in [2.05, 4.69) is 10.4 Å². The molecule has 4 aromatic rings. The van der Waals surface area contributed by atoms with Crippen molar-refractivity contribution in [1.82, 2.24) is 9.78 Å². The van der Waals surface area contributed by atoms with Crippen molar-refractivity contribution in [3.8, 4) is 17.1 Å². The number of benzene rings is 2. The molecule has 6 heteroatoms. The number of nitrogens with zero attached hydrogens (tertiary/aromatic N) is 2. The van der Waals surface area contributed by atoms with Gasteiger partial charge in [-0.2, -0.15) is 5.10 Å². The predicted octanol–water partition coefficient (Wildman–Crippen LogP) is 4.83. The number of amides is 1. The molecular weight excluding hydrogens is 345 g/mol. The lowest BCUT2D eigenvalue weighted by molar-refractivity contribution is 0.101. The third-order valence-corrected chi connectivity index (χ3v) is 4.10. The SMILES string of the molecule is Cc1ccc(-n2nc(-c3ccco3)cc2C(=O)Nc2ccc(F)cc2)cc1. The molecule has 134 valence electrons. The molecule has 0 fully saturated rings. The maximum Gasteiger partial charge on any atom is 0.274 e. The van der Waals surface area contributed by atoms with E-state index in [0.29, 0.717) is 22.8 Å². The Labute approximate surface area is 155 Å². The van der Waals surface area contributed by atoms with Crippen LogP contribution in [0.1, 0.15) is 16.1 Å². The topological polar surface area (TPSA) is 60.1 Å². The molecule has 1 amide bonds. The second-order valence-corrected chi connectivity index (χ2v) is 6.10. The van der Waals surface area contributed by atoms with Crippen LogP contribution in [0.4, 0.5) is 10.1 Å². The molecule has 0 saturated heterocycles. The summed E-state index contributed by atoms with van der Waals surface area (Å²) in [7, 11) is 0. The minimum Gasteiger partial charge on any atom is -0.463 e. The van der Waals surface area contributed by atoms with Crippen molar-refractivity contribution < 1.29 is 13.6 Å². The van der Waals surface area contributed by atoms with Crippen molar-refractivity contribution in [2.75, 3.05) is 5.32 Å². The molecule has 4 rings (SSSR count). The minimum atomic E-state index is -0.363. The van der Waals surface area contributed by atoms with E-state index in [-0.39, 0.29) is 11.7 Å².